The Balaban J connectivity index is 1.80. The zero-order valence-corrected chi connectivity index (χ0v) is 13.9. The standard InChI is InChI=1S/C21H19NO2/c1-11-6-7-12-9-13-10-17(16(12)8-11)19-18-14(13)4-3-5-15(18)20(23)22(2)21(19)24/h3-8,13,17,19H,9-10H2,1-2H3/t13-,17-,19?/m0/s1. The predicted molar refractivity (Wildman–Crippen MR) is 91.3 cm³/mol. The summed E-state index contributed by atoms with van der Waals surface area (Å²) in [4.78, 5) is 26.9. The Morgan fingerprint density at radius 2 is 1.92 bits per heavy atom. The van der Waals surface area contributed by atoms with Gasteiger partial charge in [-0.05, 0) is 54.0 Å². The lowest BCUT2D eigenvalue weighted by atomic mass is 9.60. The van der Waals surface area contributed by atoms with Gasteiger partial charge in [0.2, 0.25) is 5.91 Å². The highest BCUT2D eigenvalue weighted by Crippen LogP contribution is 2.55. The lowest BCUT2D eigenvalue weighted by Gasteiger charge is -2.46. The molecule has 2 bridgehead atoms. The van der Waals surface area contributed by atoms with Crippen molar-refractivity contribution in [1.82, 2.24) is 4.90 Å². The monoisotopic (exact) mass is 317 g/mol. The fourth-order valence-electron chi connectivity index (χ4n) is 5.04. The van der Waals surface area contributed by atoms with Crippen LogP contribution in [0.4, 0.5) is 0 Å². The third-order valence-electron chi connectivity index (χ3n) is 6.13. The molecule has 2 aromatic rings. The van der Waals surface area contributed by atoms with Gasteiger partial charge < -0.3 is 0 Å². The minimum Gasteiger partial charge on any atom is -0.281 e. The zero-order valence-electron chi connectivity index (χ0n) is 13.9. The first-order valence-corrected chi connectivity index (χ1v) is 8.60. The Hall–Kier alpha value is -2.42. The van der Waals surface area contributed by atoms with E-state index in [4.69, 9.17) is 0 Å². The smallest absolute Gasteiger partial charge is 0.260 e. The molecule has 3 atom stereocenters. The van der Waals surface area contributed by atoms with Gasteiger partial charge >= 0.3 is 0 Å². The number of aryl methyl sites for hydroxylation is 1. The van der Waals surface area contributed by atoms with E-state index >= 15 is 0 Å². The van der Waals surface area contributed by atoms with Gasteiger partial charge in [-0.1, -0.05) is 35.9 Å². The number of imide groups is 1. The van der Waals surface area contributed by atoms with Crippen molar-refractivity contribution in [1.29, 1.82) is 0 Å². The van der Waals surface area contributed by atoms with Crippen molar-refractivity contribution in [3.05, 3.63) is 69.8 Å². The number of benzene rings is 2. The van der Waals surface area contributed by atoms with E-state index in [0.29, 0.717) is 5.92 Å². The van der Waals surface area contributed by atoms with Gasteiger partial charge in [-0.25, -0.2) is 0 Å². The molecule has 1 aliphatic heterocycles. The largest absolute Gasteiger partial charge is 0.281 e. The second-order valence-corrected chi connectivity index (χ2v) is 7.43. The molecular formula is C21H19NO2. The molecule has 0 fully saturated rings. The maximum absolute atomic E-state index is 13.0. The van der Waals surface area contributed by atoms with Crippen LogP contribution in [0.15, 0.2) is 36.4 Å². The molecule has 2 aromatic carbocycles. The molecule has 1 heterocycles. The highest BCUT2D eigenvalue weighted by Gasteiger charge is 2.49. The van der Waals surface area contributed by atoms with Gasteiger partial charge in [-0.3, -0.25) is 14.5 Å². The van der Waals surface area contributed by atoms with Crippen LogP contribution in [-0.2, 0) is 11.2 Å². The van der Waals surface area contributed by atoms with Crippen molar-refractivity contribution in [3.8, 4) is 0 Å². The van der Waals surface area contributed by atoms with E-state index in [0.717, 1.165) is 24.0 Å². The Morgan fingerprint density at radius 1 is 1.08 bits per heavy atom. The van der Waals surface area contributed by atoms with Gasteiger partial charge in [0.25, 0.3) is 5.91 Å². The first kappa shape index (κ1) is 14.0. The molecule has 3 nitrogen and oxygen atoms in total. The number of carbonyl (C=O) groups is 2. The van der Waals surface area contributed by atoms with Gasteiger partial charge in [0.05, 0.1) is 5.92 Å². The van der Waals surface area contributed by atoms with Crippen LogP contribution in [0, 0.1) is 6.92 Å². The highest BCUT2D eigenvalue weighted by molar-refractivity contribution is 6.12. The van der Waals surface area contributed by atoms with Gasteiger partial charge in [0.1, 0.15) is 0 Å². The molecule has 5 rings (SSSR count). The van der Waals surface area contributed by atoms with Crippen LogP contribution < -0.4 is 0 Å². The molecule has 0 radical (unpaired) electrons. The van der Waals surface area contributed by atoms with Gasteiger partial charge in [0.15, 0.2) is 0 Å². The maximum Gasteiger partial charge on any atom is 0.260 e. The van der Waals surface area contributed by atoms with Crippen molar-refractivity contribution in [2.24, 2.45) is 0 Å². The Kier molecular flexibility index (Phi) is 2.66. The summed E-state index contributed by atoms with van der Waals surface area (Å²) < 4.78 is 0. The minimum atomic E-state index is -0.212. The molecule has 0 spiro atoms. The number of fused-ring (bicyclic) bond motifs is 6. The fourth-order valence-corrected chi connectivity index (χ4v) is 5.04. The number of likely N-dealkylation sites (N-methyl/N-ethyl adjacent to an activating group) is 1. The molecule has 2 amide bonds. The Morgan fingerprint density at radius 3 is 2.75 bits per heavy atom. The maximum atomic E-state index is 13.0. The first-order chi connectivity index (χ1) is 11.6. The summed E-state index contributed by atoms with van der Waals surface area (Å²) >= 11 is 0. The first-order valence-electron chi connectivity index (χ1n) is 8.60. The van der Waals surface area contributed by atoms with Crippen LogP contribution >= 0.6 is 0 Å². The highest BCUT2D eigenvalue weighted by atomic mass is 16.2. The van der Waals surface area contributed by atoms with E-state index in [-0.39, 0.29) is 23.7 Å². The van der Waals surface area contributed by atoms with Crippen LogP contribution in [0.2, 0.25) is 0 Å². The van der Waals surface area contributed by atoms with Crippen molar-refractivity contribution >= 4 is 11.8 Å². The van der Waals surface area contributed by atoms with E-state index in [1.165, 1.54) is 27.2 Å². The fraction of sp³-hybridized carbons (Fsp3) is 0.333. The summed E-state index contributed by atoms with van der Waals surface area (Å²) in [5.74, 6) is 0.196. The number of amides is 2. The summed E-state index contributed by atoms with van der Waals surface area (Å²) in [6.45, 7) is 2.10. The summed E-state index contributed by atoms with van der Waals surface area (Å²) in [5.41, 5.74) is 6.87. The lowest BCUT2D eigenvalue weighted by molar-refractivity contribution is -0.130. The van der Waals surface area contributed by atoms with E-state index in [2.05, 4.69) is 31.2 Å². The van der Waals surface area contributed by atoms with Crippen LogP contribution in [0.1, 0.15) is 62.3 Å². The van der Waals surface area contributed by atoms with Crippen molar-refractivity contribution < 1.29 is 9.59 Å². The van der Waals surface area contributed by atoms with Gasteiger partial charge in [0, 0.05) is 18.5 Å². The van der Waals surface area contributed by atoms with Gasteiger partial charge in [-0.2, -0.15) is 0 Å². The summed E-state index contributed by atoms with van der Waals surface area (Å²) in [6, 6.07) is 12.6. The molecule has 0 aromatic heterocycles. The van der Waals surface area contributed by atoms with Crippen molar-refractivity contribution in [2.75, 3.05) is 7.05 Å². The minimum absolute atomic E-state index is 0.0437. The zero-order chi connectivity index (χ0) is 16.6. The van der Waals surface area contributed by atoms with Gasteiger partial charge in [-0.15, -0.1) is 0 Å². The van der Waals surface area contributed by atoms with E-state index in [1.807, 2.05) is 12.1 Å². The normalized spacial score (nSPS) is 26.9. The molecular weight excluding hydrogens is 298 g/mol. The quantitative estimate of drug-likeness (QED) is 0.697. The van der Waals surface area contributed by atoms with Crippen LogP contribution in [0.25, 0.3) is 0 Å². The molecule has 3 heteroatoms. The van der Waals surface area contributed by atoms with E-state index in [9.17, 15) is 9.59 Å². The molecule has 0 N–H and O–H groups in total. The number of nitrogens with zero attached hydrogens (tertiary/aromatic N) is 1. The number of hydrogen-bond donors (Lipinski definition) is 0. The average molecular weight is 317 g/mol. The molecule has 0 saturated heterocycles. The second-order valence-electron chi connectivity index (χ2n) is 7.43. The summed E-state index contributed by atoms with van der Waals surface area (Å²) in [5, 5.41) is 0. The number of carbonyl (C=O) groups excluding carboxylic acids is 2. The molecule has 120 valence electrons. The van der Waals surface area contributed by atoms with Crippen LogP contribution in [-0.4, -0.2) is 23.8 Å². The third-order valence-corrected chi connectivity index (χ3v) is 6.13. The van der Waals surface area contributed by atoms with Crippen molar-refractivity contribution in [2.45, 2.75) is 37.5 Å². The summed E-state index contributed by atoms with van der Waals surface area (Å²) in [7, 11) is 1.62. The second kappa shape index (κ2) is 4.56. The molecule has 1 unspecified atom stereocenters. The van der Waals surface area contributed by atoms with Crippen LogP contribution in [0.3, 0.4) is 0 Å². The topological polar surface area (TPSA) is 37.4 Å². The number of hydrogen-bond acceptors (Lipinski definition) is 2. The molecule has 24 heavy (non-hydrogen) atoms. The van der Waals surface area contributed by atoms with Crippen molar-refractivity contribution in [3.63, 3.8) is 0 Å². The predicted octanol–water partition coefficient (Wildman–Crippen LogP) is 3.52. The van der Waals surface area contributed by atoms with E-state index in [1.54, 1.807) is 7.05 Å². The number of rotatable bonds is 0. The molecule has 0 saturated carbocycles. The Labute approximate surface area is 141 Å². The van der Waals surface area contributed by atoms with E-state index < -0.39 is 0 Å². The molecule has 2 aliphatic carbocycles. The summed E-state index contributed by atoms with van der Waals surface area (Å²) in [6.07, 6.45) is 2.01. The SMILES string of the molecule is Cc1ccc2c(c1)[C@@H]1C[C@H](C2)c2cccc3c2C1C(=O)N(C)C3=O. The van der Waals surface area contributed by atoms with Crippen LogP contribution in [0.5, 0.6) is 0 Å². The third kappa shape index (κ3) is 1.62. The lowest BCUT2D eigenvalue weighted by Crippen LogP contribution is -2.47. The molecule has 3 aliphatic rings. The average Bonchev–Trinajstić information content (AvgIpc) is 2.59. The Bertz CT molecular complexity index is 914.